The number of aliphatic hydroxyl groups is 1. The monoisotopic (exact) mass is 386 g/mol. The van der Waals surface area contributed by atoms with Crippen molar-refractivity contribution in [2.24, 2.45) is 5.92 Å². The van der Waals surface area contributed by atoms with Crippen LogP contribution in [0, 0.1) is 5.92 Å². The highest BCUT2D eigenvalue weighted by Gasteiger charge is 2.27. The van der Waals surface area contributed by atoms with Gasteiger partial charge in [0.15, 0.2) is 0 Å². The minimum atomic E-state index is -0.726. The Bertz CT molecular complexity index is 778. The Morgan fingerprint density at radius 1 is 1.21 bits per heavy atom. The molecule has 28 heavy (non-hydrogen) atoms. The van der Waals surface area contributed by atoms with E-state index < -0.39 is 11.8 Å². The molecule has 1 saturated carbocycles. The SMILES string of the molecule is O=C(Nc1cccc(OCCn2cccn2)c1)C(=O)N[C@H]1CCCC[C@H]1CO. The van der Waals surface area contributed by atoms with Gasteiger partial charge in [0.2, 0.25) is 0 Å². The second-order valence-electron chi connectivity index (χ2n) is 6.91. The summed E-state index contributed by atoms with van der Waals surface area (Å²) < 4.78 is 7.44. The summed E-state index contributed by atoms with van der Waals surface area (Å²) in [5, 5.41) is 18.9. The number of carbonyl (C=O) groups excluding carboxylic acids is 2. The molecular weight excluding hydrogens is 360 g/mol. The van der Waals surface area contributed by atoms with Crippen molar-refractivity contribution in [3.63, 3.8) is 0 Å². The van der Waals surface area contributed by atoms with Crippen molar-refractivity contribution in [3.8, 4) is 5.75 Å². The van der Waals surface area contributed by atoms with Gasteiger partial charge in [-0.2, -0.15) is 5.10 Å². The van der Waals surface area contributed by atoms with E-state index in [-0.39, 0.29) is 18.6 Å². The smallest absolute Gasteiger partial charge is 0.313 e. The van der Waals surface area contributed by atoms with Crippen LogP contribution in [0.4, 0.5) is 5.69 Å². The zero-order valence-corrected chi connectivity index (χ0v) is 15.7. The molecule has 3 N–H and O–H groups in total. The average Bonchev–Trinajstić information content (AvgIpc) is 3.22. The summed E-state index contributed by atoms with van der Waals surface area (Å²) in [4.78, 5) is 24.4. The summed E-state index contributed by atoms with van der Waals surface area (Å²) >= 11 is 0. The van der Waals surface area contributed by atoms with Gasteiger partial charge in [-0.1, -0.05) is 18.9 Å². The Labute approximate surface area is 163 Å². The van der Waals surface area contributed by atoms with Crippen LogP contribution in [0.25, 0.3) is 0 Å². The molecule has 0 bridgehead atoms. The Balaban J connectivity index is 1.49. The molecule has 0 aliphatic heterocycles. The fourth-order valence-electron chi connectivity index (χ4n) is 3.39. The number of rotatable bonds is 7. The maximum Gasteiger partial charge on any atom is 0.313 e. The lowest BCUT2D eigenvalue weighted by Crippen LogP contribution is -2.47. The lowest BCUT2D eigenvalue weighted by molar-refractivity contribution is -0.137. The molecule has 8 nitrogen and oxygen atoms in total. The summed E-state index contributed by atoms with van der Waals surface area (Å²) in [6.07, 6.45) is 7.23. The van der Waals surface area contributed by atoms with Crippen LogP contribution < -0.4 is 15.4 Å². The predicted molar refractivity (Wildman–Crippen MR) is 104 cm³/mol. The van der Waals surface area contributed by atoms with Gasteiger partial charge >= 0.3 is 11.8 Å². The van der Waals surface area contributed by atoms with Crippen molar-refractivity contribution in [1.29, 1.82) is 0 Å². The van der Waals surface area contributed by atoms with Crippen LogP contribution in [0.3, 0.4) is 0 Å². The first-order valence-corrected chi connectivity index (χ1v) is 9.58. The Morgan fingerprint density at radius 2 is 2.07 bits per heavy atom. The summed E-state index contributed by atoms with van der Waals surface area (Å²) in [5.41, 5.74) is 0.485. The summed E-state index contributed by atoms with van der Waals surface area (Å²) in [6.45, 7) is 1.06. The van der Waals surface area contributed by atoms with Gasteiger partial charge in [-0.3, -0.25) is 14.3 Å². The van der Waals surface area contributed by atoms with Gasteiger partial charge in [0.1, 0.15) is 12.4 Å². The molecule has 150 valence electrons. The maximum absolute atomic E-state index is 12.2. The van der Waals surface area contributed by atoms with Crippen LogP contribution in [0.2, 0.25) is 0 Å². The largest absolute Gasteiger partial charge is 0.492 e. The summed E-state index contributed by atoms with van der Waals surface area (Å²) in [5.74, 6) is -0.804. The Morgan fingerprint density at radius 3 is 2.86 bits per heavy atom. The van der Waals surface area contributed by atoms with Crippen LogP contribution in [0.5, 0.6) is 5.75 Å². The van der Waals surface area contributed by atoms with Crippen LogP contribution in [-0.4, -0.2) is 46.0 Å². The summed E-state index contributed by atoms with van der Waals surface area (Å²) in [7, 11) is 0. The van der Waals surface area contributed by atoms with Gasteiger partial charge in [-0.25, -0.2) is 0 Å². The number of aliphatic hydroxyl groups excluding tert-OH is 1. The van der Waals surface area contributed by atoms with Crippen molar-refractivity contribution >= 4 is 17.5 Å². The topological polar surface area (TPSA) is 105 Å². The van der Waals surface area contributed by atoms with Crippen molar-refractivity contribution in [3.05, 3.63) is 42.7 Å². The highest BCUT2D eigenvalue weighted by Crippen LogP contribution is 2.24. The second-order valence-corrected chi connectivity index (χ2v) is 6.91. The second kappa shape index (κ2) is 9.89. The lowest BCUT2D eigenvalue weighted by atomic mass is 9.85. The molecule has 0 radical (unpaired) electrons. The molecular formula is C20H26N4O4. The molecule has 1 aromatic heterocycles. The van der Waals surface area contributed by atoms with Gasteiger partial charge in [0.05, 0.1) is 6.54 Å². The number of ether oxygens (including phenoxy) is 1. The number of hydrogen-bond donors (Lipinski definition) is 3. The number of amides is 2. The van der Waals surface area contributed by atoms with Crippen LogP contribution in [0.15, 0.2) is 42.7 Å². The highest BCUT2D eigenvalue weighted by molar-refractivity contribution is 6.39. The number of nitrogens with zero attached hydrogens (tertiary/aromatic N) is 2. The van der Waals surface area contributed by atoms with E-state index in [1.54, 1.807) is 35.1 Å². The van der Waals surface area contributed by atoms with E-state index >= 15 is 0 Å². The van der Waals surface area contributed by atoms with Crippen LogP contribution >= 0.6 is 0 Å². The molecule has 8 heteroatoms. The molecule has 1 aliphatic rings. The van der Waals surface area contributed by atoms with Crippen molar-refractivity contribution in [2.45, 2.75) is 38.3 Å². The molecule has 1 aliphatic carbocycles. The van der Waals surface area contributed by atoms with Crippen molar-refractivity contribution < 1.29 is 19.4 Å². The molecule has 1 fully saturated rings. The van der Waals surface area contributed by atoms with Crippen molar-refractivity contribution in [2.75, 3.05) is 18.5 Å². The maximum atomic E-state index is 12.2. The van der Waals surface area contributed by atoms with Gasteiger partial charge in [0, 0.05) is 42.7 Å². The minimum absolute atomic E-state index is 0.0111. The van der Waals surface area contributed by atoms with Crippen LogP contribution in [0.1, 0.15) is 25.7 Å². The molecule has 0 spiro atoms. The van der Waals surface area contributed by atoms with Crippen LogP contribution in [-0.2, 0) is 16.1 Å². The van der Waals surface area contributed by atoms with E-state index in [2.05, 4.69) is 15.7 Å². The molecule has 0 saturated heterocycles. The first-order valence-electron chi connectivity index (χ1n) is 9.58. The van der Waals surface area contributed by atoms with E-state index in [1.807, 2.05) is 12.3 Å². The number of nitrogens with one attached hydrogen (secondary N) is 2. The third-order valence-corrected chi connectivity index (χ3v) is 4.91. The predicted octanol–water partition coefficient (Wildman–Crippen LogP) is 1.57. The quantitative estimate of drug-likeness (QED) is 0.627. The fourth-order valence-corrected chi connectivity index (χ4v) is 3.39. The Hall–Kier alpha value is -2.87. The van der Waals surface area contributed by atoms with Gasteiger partial charge in [-0.15, -0.1) is 0 Å². The van der Waals surface area contributed by atoms with E-state index in [9.17, 15) is 14.7 Å². The van der Waals surface area contributed by atoms with E-state index in [1.165, 1.54) is 0 Å². The van der Waals surface area contributed by atoms with Crippen molar-refractivity contribution in [1.82, 2.24) is 15.1 Å². The molecule has 2 atom stereocenters. The molecule has 0 unspecified atom stereocenters. The number of benzene rings is 1. The molecule has 2 aromatic rings. The van der Waals surface area contributed by atoms with E-state index in [4.69, 9.17) is 4.74 Å². The first kappa shape index (κ1) is 19.9. The standard InChI is InChI=1S/C20H26N4O4/c25-14-15-5-1-2-8-18(15)23-20(27)19(26)22-16-6-3-7-17(13-16)28-12-11-24-10-4-9-21-24/h3-4,6-7,9-10,13,15,18,25H,1-2,5,8,11-12,14H2,(H,22,26)(H,23,27)/t15-,18-/m0/s1. The third kappa shape index (κ3) is 5.56. The summed E-state index contributed by atoms with van der Waals surface area (Å²) in [6, 6.07) is 8.59. The highest BCUT2D eigenvalue weighted by atomic mass is 16.5. The molecule has 1 heterocycles. The third-order valence-electron chi connectivity index (χ3n) is 4.91. The average molecular weight is 386 g/mol. The minimum Gasteiger partial charge on any atom is -0.492 e. The first-order chi connectivity index (χ1) is 13.7. The zero-order valence-electron chi connectivity index (χ0n) is 15.7. The van der Waals surface area contributed by atoms with Gasteiger partial charge < -0.3 is 20.5 Å². The zero-order chi connectivity index (χ0) is 19.8. The normalized spacial score (nSPS) is 19.0. The number of hydrogen-bond acceptors (Lipinski definition) is 5. The van der Waals surface area contributed by atoms with Gasteiger partial charge in [-0.05, 0) is 31.0 Å². The number of aromatic nitrogens is 2. The van der Waals surface area contributed by atoms with Gasteiger partial charge in [0.25, 0.3) is 0 Å². The number of anilines is 1. The number of carbonyl (C=O) groups is 2. The van der Waals surface area contributed by atoms with E-state index in [0.717, 1.165) is 25.7 Å². The molecule has 1 aromatic carbocycles. The Kier molecular flexibility index (Phi) is 7.02. The lowest BCUT2D eigenvalue weighted by Gasteiger charge is -2.30. The van der Waals surface area contributed by atoms with E-state index in [0.29, 0.717) is 24.6 Å². The molecule has 3 rings (SSSR count). The molecule has 2 amide bonds. The fraction of sp³-hybridized carbons (Fsp3) is 0.450.